The molecule has 16 heteroatoms. The molecule has 0 spiro atoms. The molecule has 1 amide bonds. The van der Waals surface area contributed by atoms with Gasteiger partial charge in [-0.3, -0.25) is 14.8 Å². The molecular formula is C30H32F6N8O2. The second-order valence-electron chi connectivity index (χ2n) is 11.8. The van der Waals surface area contributed by atoms with Crippen LogP contribution in [-0.2, 0) is 23.9 Å². The second-order valence-corrected chi connectivity index (χ2v) is 11.8. The molecule has 6 rings (SSSR count). The predicted molar refractivity (Wildman–Crippen MR) is 157 cm³/mol. The highest BCUT2D eigenvalue weighted by atomic mass is 19.4. The van der Waals surface area contributed by atoms with Crippen molar-refractivity contribution in [1.82, 2.24) is 30.0 Å². The first-order chi connectivity index (χ1) is 21.8. The summed E-state index contributed by atoms with van der Waals surface area (Å²) in [5, 5.41) is 7.08. The van der Waals surface area contributed by atoms with E-state index in [2.05, 4.69) is 32.0 Å². The molecule has 46 heavy (non-hydrogen) atoms. The van der Waals surface area contributed by atoms with Gasteiger partial charge in [0, 0.05) is 56.1 Å². The lowest BCUT2D eigenvalue weighted by Crippen LogP contribution is -2.49. The molecule has 3 aliphatic heterocycles. The van der Waals surface area contributed by atoms with E-state index in [0.717, 1.165) is 5.56 Å². The minimum atomic E-state index is -4.63. The minimum absolute atomic E-state index is 0.000794. The van der Waals surface area contributed by atoms with E-state index >= 15 is 0 Å². The molecule has 1 N–H and O–H groups in total. The molecule has 1 atom stereocenters. The van der Waals surface area contributed by atoms with Crippen molar-refractivity contribution in [2.45, 2.75) is 44.5 Å². The number of amides is 1. The fourth-order valence-electron chi connectivity index (χ4n) is 6.52. The third-order valence-electron chi connectivity index (χ3n) is 8.71. The summed E-state index contributed by atoms with van der Waals surface area (Å²) in [7, 11) is 1.58. The van der Waals surface area contributed by atoms with Gasteiger partial charge in [-0.2, -0.15) is 28.2 Å². The van der Waals surface area contributed by atoms with Gasteiger partial charge in [0.05, 0.1) is 41.7 Å². The number of piperazine rings is 1. The number of H-pyrrole nitrogens is 1. The maximum atomic E-state index is 14.4. The number of benzene rings is 1. The van der Waals surface area contributed by atoms with Gasteiger partial charge in [0.15, 0.2) is 6.67 Å². The van der Waals surface area contributed by atoms with Crippen molar-refractivity contribution >= 4 is 28.3 Å². The Labute approximate surface area is 260 Å². The zero-order chi connectivity index (χ0) is 32.8. The number of fused-ring (bicyclic) bond motifs is 2. The number of likely N-dealkylation sites (tertiary alicyclic amines) is 1. The summed E-state index contributed by atoms with van der Waals surface area (Å²) < 4.78 is 89.7. The summed E-state index contributed by atoms with van der Waals surface area (Å²) in [5.74, 6) is 1.59. The largest absolute Gasteiger partial charge is 0.462 e. The van der Waals surface area contributed by atoms with Gasteiger partial charge in [0.25, 0.3) is 11.8 Å². The Balaban J connectivity index is 1.33. The number of aromatic amines is 1. The number of nitrogens with zero attached hydrogens (tertiary/aromatic N) is 7. The van der Waals surface area contributed by atoms with Crippen LogP contribution >= 0.6 is 0 Å². The van der Waals surface area contributed by atoms with Crippen LogP contribution in [0.3, 0.4) is 0 Å². The van der Waals surface area contributed by atoms with Crippen LogP contribution in [-0.4, -0.2) is 107 Å². The fraction of sp³-hybridized carbons (Fsp3) is 0.533. The van der Waals surface area contributed by atoms with Crippen molar-refractivity contribution in [2.24, 2.45) is 0 Å². The zero-order valence-electron chi connectivity index (χ0n) is 25.2. The Hall–Kier alpha value is -4.26. The highest BCUT2D eigenvalue weighted by molar-refractivity contribution is 5.95. The van der Waals surface area contributed by atoms with E-state index in [9.17, 15) is 31.1 Å². The number of halogens is 6. The number of carbonyl (C=O) groups is 1. The fourth-order valence-corrected chi connectivity index (χ4v) is 6.52. The molecule has 0 aliphatic carbocycles. The monoisotopic (exact) mass is 650 g/mol. The average Bonchev–Trinajstić information content (AvgIpc) is 3.58. The maximum absolute atomic E-state index is 14.4. The Morgan fingerprint density at radius 1 is 1.15 bits per heavy atom. The molecule has 0 radical (unpaired) electrons. The minimum Gasteiger partial charge on any atom is -0.462 e. The van der Waals surface area contributed by atoms with Crippen LogP contribution in [0.2, 0.25) is 0 Å². The van der Waals surface area contributed by atoms with E-state index in [1.54, 1.807) is 11.9 Å². The lowest BCUT2D eigenvalue weighted by molar-refractivity contribution is -0.137. The SMILES string of the molecule is Cc1cc2[nH]ncc2c(N2CCc3c(nc(OC[C@@H]4CC(F)(F)CN4C)nc3N3CCN(C(=O)C#CCF)CC3)C2)c1C(F)(F)F. The summed E-state index contributed by atoms with van der Waals surface area (Å²) in [6.45, 7) is 1.53. The molecule has 246 valence electrons. The first-order valence-electron chi connectivity index (χ1n) is 14.8. The summed E-state index contributed by atoms with van der Waals surface area (Å²) in [4.78, 5) is 28.1. The lowest BCUT2D eigenvalue weighted by Gasteiger charge is -2.38. The third-order valence-corrected chi connectivity index (χ3v) is 8.71. The van der Waals surface area contributed by atoms with Crippen molar-refractivity contribution in [3.63, 3.8) is 0 Å². The van der Waals surface area contributed by atoms with Crippen LogP contribution in [0, 0.1) is 18.8 Å². The number of aromatic nitrogens is 4. The number of carbonyl (C=O) groups excluding carboxylic acids is 1. The van der Waals surface area contributed by atoms with Gasteiger partial charge >= 0.3 is 12.2 Å². The normalized spacial score (nSPS) is 20.1. The van der Waals surface area contributed by atoms with E-state index in [-0.39, 0.29) is 43.4 Å². The molecule has 3 aromatic rings. The number of nitrogens with one attached hydrogen (secondary N) is 1. The average molecular weight is 651 g/mol. The number of likely N-dealkylation sites (N-methyl/N-ethyl adjacent to an activating group) is 1. The molecule has 2 saturated heterocycles. The van der Waals surface area contributed by atoms with Gasteiger partial charge in [0.2, 0.25) is 0 Å². The molecule has 5 heterocycles. The summed E-state index contributed by atoms with van der Waals surface area (Å²) in [6, 6.07) is 0.779. The van der Waals surface area contributed by atoms with Crippen LogP contribution in [0.5, 0.6) is 6.01 Å². The van der Waals surface area contributed by atoms with Gasteiger partial charge in [-0.05, 0) is 37.9 Å². The molecule has 0 unspecified atom stereocenters. The Morgan fingerprint density at radius 2 is 1.91 bits per heavy atom. The number of anilines is 2. The van der Waals surface area contributed by atoms with E-state index in [0.29, 0.717) is 55.0 Å². The van der Waals surface area contributed by atoms with Crippen molar-refractivity contribution < 1.29 is 35.9 Å². The van der Waals surface area contributed by atoms with Crippen molar-refractivity contribution in [1.29, 1.82) is 0 Å². The van der Waals surface area contributed by atoms with Gasteiger partial charge in [-0.1, -0.05) is 5.92 Å². The van der Waals surface area contributed by atoms with Gasteiger partial charge in [-0.25, -0.2) is 13.2 Å². The van der Waals surface area contributed by atoms with Crippen LogP contribution in [0.15, 0.2) is 12.3 Å². The van der Waals surface area contributed by atoms with Crippen molar-refractivity contribution in [3.05, 3.63) is 34.6 Å². The summed E-state index contributed by atoms with van der Waals surface area (Å²) in [5.41, 5.74) is 0.960. The topological polar surface area (TPSA) is 93.7 Å². The molecule has 3 aliphatic rings. The standard InChI is InChI=1S/C30H32F6N8O2/c1-18-12-22-21(14-37-40-22)26(25(18)30(34,35)36)44-7-5-20-23(15-44)38-28(46-16-19-13-29(32,33)17-41(19)2)39-27(20)43-10-8-42(9-11-43)24(45)4-3-6-31/h12,14,19H,5-11,13,15-17H2,1-2H3,(H,37,40)/t19-/m0/s1. The number of alkyl halides is 6. The van der Waals surface area contributed by atoms with Crippen LogP contribution in [0.4, 0.5) is 37.8 Å². The Morgan fingerprint density at radius 3 is 2.59 bits per heavy atom. The predicted octanol–water partition coefficient (Wildman–Crippen LogP) is 3.58. The third kappa shape index (κ3) is 6.24. The van der Waals surface area contributed by atoms with Gasteiger partial charge < -0.3 is 19.4 Å². The number of aryl methyl sites for hydroxylation is 1. The summed E-state index contributed by atoms with van der Waals surface area (Å²) >= 11 is 0. The van der Waals surface area contributed by atoms with Crippen LogP contribution in [0.25, 0.3) is 10.9 Å². The first kappa shape index (κ1) is 31.7. The van der Waals surface area contributed by atoms with E-state index < -0.39 is 42.8 Å². The molecule has 0 bridgehead atoms. The lowest BCUT2D eigenvalue weighted by atomic mass is 9.98. The van der Waals surface area contributed by atoms with E-state index in [1.165, 1.54) is 29.0 Å². The number of hydrogen-bond acceptors (Lipinski definition) is 8. The Bertz CT molecular complexity index is 1690. The van der Waals surface area contributed by atoms with Crippen LogP contribution in [0.1, 0.15) is 28.8 Å². The first-order valence-corrected chi connectivity index (χ1v) is 14.8. The molecule has 2 fully saturated rings. The van der Waals surface area contributed by atoms with E-state index in [4.69, 9.17) is 4.74 Å². The number of ether oxygens (including phenoxy) is 1. The quantitative estimate of drug-likeness (QED) is 0.331. The highest BCUT2D eigenvalue weighted by Gasteiger charge is 2.44. The van der Waals surface area contributed by atoms with Gasteiger partial charge in [-0.15, -0.1) is 0 Å². The smallest absolute Gasteiger partial charge is 0.418 e. The highest BCUT2D eigenvalue weighted by Crippen LogP contribution is 2.44. The molecule has 2 aromatic heterocycles. The van der Waals surface area contributed by atoms with Gasteiger partial charge in [0.1, 0.15) is 12.4 Å². The van der Waals surface area contributed by atoms with Crippen molar-refractivity contribution in [3.8, 4) is 17.9 Å². The molecule has 10 nitrogen and oxygen atoms in total. The Kier molecular flexibility index (Phi) is 8.38. The molecule has 0 saturated carbocycles. The van der Waals surface area contributed by atoms with E-state index in [1.807, 2.05) is 4.90 Å². The molecule has 1 aromatic carbocycles. The van der Waals surface area contributed by atoms with Crippen LogP contribution < -0.4 is 14.5 Å². The summed E-state index contributed by atoms with van der Waals surface area (Å²) in [6.07, 6.45) is -3.32. The number of hydrogen-bond donors (Lipinski definition) is 1. The molecular weight excluding hydrogens is 618 g/mol. The van der Waals surface area contributed by atoms with Crippen molar-refractivity contribution in [2.75, 3.05) is 69.4 Å². The maximum Gasteiger partial charge on any atom is 0.418 e. The second kappa shape index (κ2) is 12.2. The zero-order valence-corrected chi connectivity index (χ0v) is 25.2. The number of rotatable bonds is 5.